The van der Waals surface area contributed by atoms with E-state index in [1.165, 1.54) is 25.7 Å². The third-order valence-corrected chi connectivity index (χ3v) is 6.64. The Hall–Kier alpha value is -1.63. The first-order valence-electron chi connectivity index (χ1n) is 11.1. The molecule has 2 aliphatic heterocycles. The van der Waals surface area contributed by atoms with Gasteiger partial charge in [-0.1, -0.05) is 25.7 Å². The van der Waals surface area contributed by atoms with Crippen molar-refractivity contribution in [3.63, 3.8) is 0 Å². The number of amides is 3. The normalized spacial score (nSPS) is 22.5. The molecule has 2 heterocycles. The van der Waals surface area contributed by atoms with Crippen LogP contribution in [-0.2, 0) is 14.4 Å². The van der Waals surface area contributed by atoms with Crippen molar-refractivity contribution in [2.45, 2.75) is 64.3 Å². The number of nitrogens with one attached hydrogen (secondary N) is 1. The van der Waals surface area contributed by atoms with Crippen LogP contribution >= 0.6 is 0 Å². The van der Waals surface area contributed by atoms with Crippen molar-refractivity contribution >= 4 is 17.7 Å². The first kappa shape index (κ1) is 21.1. The van der Waals surface area contributed by atoms with Gasteiger partial charge in [0.05, 0.1) is 6.54 Å². The molecule has 3 rings (SSSR count). The van der Waals surface area contributed by atoms with Crippen molar-refractivity contribution in [1.29, 1.82) is 0 Å². The van der Waals surface area contributed by atoms with Crippen molar-refractivity contribution in [2.24, 2.45) is 5.92 Å². The molecule has 0 unspecified atom stereocenters. The summed E-state index contributed by atoms with van der Waals surface area (Å²) in [4.78, 5) is 42.1. The average Bonchev–Trinajstić information content (AvgIpc) is 3.20. The van der Waals surface area contributed by atoms with Crippen molar-refractivity contribution in [3.8, 4) is 0 Å². The topological polar surface area (TPSA) is 73.0 Å². The number of rotatable bonds is 6. The minimum atomic E-state index is 0.0577. The Bertz CT molecular complexity index is 546. The van der Waals surface area contributed by atoms with Crippen LogP contribution in [0.25, 0.3) is 0 Å². The zero-order valence-electron chi connectivity index (χ0n) is 17.3. The minimum Gasteiger partial charge on any atom is -0.352 e. The van der Waals surface area contributed by atoms with E-state index >= 15 is 0 Å². The van der Waals surface area contributed by atoms with Gasteiger partial charge in [0.25, 0.3) is 0 Å². The van der Waals surface area contributed by atoms with Crippen LogP contribution in [0.15, 0.2) is 0 Å². The first-order chi connectivity index (χ1) is 13.5. The number of nitrogens with zero attached hydrogens (tertiary/aromatic N) is 3. The smallest absolute Gasteiger partial charge is 0.234 e. The SMILES string of the molecule is CC(=O)N1CCC(NC(=O)CN2CCN(C(=O)CCC3CCCC3)CC2)CC1. The van der Waals surface area contributed by atoms with Gasteiger partial charge in [-0.2, -0.15) is 0 Å². The van der Waals surface area contributed by atoms with E-state index in [1.54, 1.807) is 6.92 Å². The van der Waals surface area contributed by atoms with Gasteiger partial charge in [0.15, 0.2) is 0 Å². The molecule has 158 valence electrons. The zero-order valence-corrected chi connectivity index (χ0v) is 17.3. The van der Waals surface area contributed by atoms with Gasteiger partial charge in [-0.05, 0) is 25.2 Å². The van der Waals surface area contributed by atoms with E-state index in [2.05, 4.69) is 10.2 Å². The van der Waals surface area contributed by atoms with Gasteiger partial charge in [0, 0.05) is 58.7 Å². The lowest BCUT2D eigenvalue weighted by atomic mass is 10.0. The van der Waals surface area contributed by atoms with E-state index in [-0.39, 0.29) is 23.8 Å². The highest BCUT2D eigenvalue weighted by Gasteiger charge is 2.26. The van der Waals surface area contributed by atoms with Gasteiger partial charge in [-0.15, -0.1) is 0 Å². The second-order valence-electron chi connectivity index (χ2n) is 8.69. The molecule has 0 spiro atoms. The molecule has 28 heavy (non-hydrogen) atoms. The fraction of sp³-hybridized carbons (Fsp3) is 0.857. The van der Waals surface area contributed by atoms with Crippen LogP contribution in [-0.4, -0.2) is 84.3 Å². The number of piperidine rings is 1. The lowest BCUT2D eigenvalue weighted by Crippen LogP contribution is -2.53. The standard InChI is InChI=1S/C21H36N4O3/c1-17(26)24-10-8-19(9-11-24)22-20(27)16-23-12-14-25(15-13-23)21(28)7-6-18-4-2-3-5-18/h18-19H,2-16H2,1H3,(H,22,27). The van der Waals surface area contributed by atoms with Gasteiger partial charge >= 0.3 is 0 Å². The Morgan fingerprint density at radius 2 is 1.50 bits per heavy atom. The van der Waals surface area contributed by atoms with Crippen LogP contribution < -0.4 is 5.32 Å². The second kappa shape index (κ2) is 10.2. The first-order valence-corrected chi connectivity index (χ1v) is 11.1. The summed E-state index contributed by atoms with van der Waals surface area (Å²) in [7, 11) is 0. The fourth-order valence-electron chi connectivity index (χ4n) is 4.76. The number of piperazine rings is 1. The highest BCUT2D eigenvalue weighted by atomic mass is 16.2. The summed E-state index contributed by atoms with van der Waals surface area (Å²) < 4.78 is 0. The van der Waals surface area contributed by atoms with E-state index in [1.807, 2.05) is 9.80 Å². The maximum atomic E-state index is 12.4. The van der Waals surface area contributed by atoms with Crippen molar-refractivity contribution in [2.75, 3.05) is 45.8 Å². The molecule has 0 radical (unpaired) electrons. The van der Waals surface area contributed by atoms with E-state index in [4.69, 9.17) is 0 Å². The molecule has 7 nitrogen and oxygen atoms in total. The van der Waals surface area contributed by atoms with Crippen LogP contribution in [0.1, 0.15) is 58.3 Å². The highest BCUT2D eigenvalue weighted by molar-refractivity contribution is 5.79. The molecule has 7 heteroatoms. The average molecular weight is 393 g/mol. The predicted molar refractivity (Wildman–Crippen MR) is 108 cm³/mol. The maximum absolute atomic E-state index is 12.4. The lowest BCUT2D eigenvalue weighted by molar-refractivity contribution is -0.133. The van der Waals surface area contributed by atoms with Gasteiger partial charge in [0.2, 0.25) is 17.7 Å². The van der Waals surface area contributed by atoms with Gasteiger partial charge in [-0.25, -0.2) is 0 Å². The molecule has 3 fully saturated rings. The molecule has 0 aromatic rings. The van der Waals surface area contributed by atoms with Gasteiger partial charge in [0.1, 0.15) is 0 Å². The quantitative estimate of drug-likeness (QED) is 0.738. The monoisotopic (exact) mass is 392 g/mol. The maximum Gasteiger partial charge on any atom is 0.234 e. The van der Waals surface area contributed by atoms with Crippen LogP contribution in [0.2, 0.25) is 0 Å². The molecule has 0 aromatic carbocycles. The van der Waals surface area contributed by atoms with Gasteiger partial charge < -0.3 is 15.1 Å². The Kier molecular flexibility index (Phi) is 7.71. The van der Waals surface area contributed by atoms with Gasteiger partial charge in [-0.3, -0.25) is 19.3 Å². The van der Waals surface area contributed by atoms with Crippen LogP contribution in [0.4, 0.5) is 0 Å². The Morgan fingerprint density at radius 1 is 0.857 bits per heavy atom. The summed E-state index contributed by atoms with van der Waals surface area (Å²) in [6.07, 6.45) is 8.63. The van der Waals surface area contributed by atoms with E-state index in [9.17, 15) is 14.4 Å². The molecule has 3 amide bonds. The molecule has 1 saturated carbocycles. The lowest BCUT2D eigenvalue weighted by Gasteiger charge is -2.35. The summed E-state index contributed by atoms with van der Waals surface area (Å²) in [5, 5.41) is 3.11. The summed E-state index contributed by atoms with van der Waals surface area (Å²) in [5.74, 6) is 1.22. The molecule has 2 saturated heterocycles. The van der Waals surface area contributed by atoms with Crippen LogP contribution in [0.5, 0.6) is 0 Å². The number of hydrogen-bond acceptors (Lipinski definition) is 4. The zero-order chi connectivity index (χ0) is 19.9. The minimum absolute atomic E-state index is 0.0577. The second-order valence-corrected chi connectivity index (χ2v) is 8.69. The van der Waals surface area contributed by atoms with E-state index in [0.717, 1.165) is 64.4 Å². The molecule has 0 aromatic heterocycles. The number of carbonyl (C=O) groups excluding carboxylic acids is 3. The van der Waals surface area contributed by atoms with Crippen molar-refractivity contribution in [3.05, 3.63) is 0 Å². The Morgan fingerprint density at radius 3 is 2.11 bits per heavy atom. The molecule has 1 aliphatic carbocycles. The van der Waals surface area contributed by atoms with Crippen molar-refractivity contribution in [1.82, 2.24) is 20.0 Å². The van der Waals surface area contributed by atoms with Crippen molar-refractivity contribution < 1.29 is 14.4 Å². The number of carbonyl (C=O) groups is 3. The summed E-state index contributed by atoms with van der Waals surface area (Å²) in [6, 6.07) is 0.168. The molecule has 0 bridgehead atoms. The Labute approximate surface area is 168 Å². The van der Waals surface area contributed by atoms with Crippen LogP contribution in [0.3, 0.4) is 0 Å². The molecule has 0 atom stereocenters. The predicted octanol–water partition coefficient (Wildman–Crippen LogP) is 1.23. The molecule has 1 N–H and O–H groups in total. The molecular weight excluding hydrogens is 356 g/mol. The number of hydrogen-bond donors (Lipinski definition) is 1. The highest BCUT2D eigenvalue weighted by Crippen LogP contribution is 2.28. The number of likely N-dealkylation sites (tertiary alicyclic amines) is 1. The summed E-state index contributed by atoms with van der Waals surface area (Å²) in [5.41, 5.74) is 0. The van der Waals surface area contributed by atoms with E-state index < -0.39 is 0 Å². The molecule has 3 aliphatic rings. The van der Waals surface area contributed by atoms with Crippen LogP contribution in [0, 0.1) is 5.92 Å². The molecular formula is C21H36N4O3. The van der Waals surface area contributed by atoms with E-state index in [0.29, 0.717) is 13.0 Å². The summed E-state index contributed by atoms with van der Waals surface area (Å²) >= 11 is 0. The largest absolute Gasteiger partial charge is 0.352 e. The summed E-state index contributed by atoms with van der Waals surface area (Å²) in [6.45, 7) is 6.44. The third kappa shape index (κ3) is 6.19. The third-order valence-electron chi connectivity index (χ3n) is 6.64. The Balaban J connectivity index is 1.30. The fourth-order valence-corrected chi connectivity index (χ4v) is 4.76.